The zero-order valence-corrected chi connectivity index (χ0v) is 13.7. The van der Waals surface area contributed by atoms with Crippen molar-refractivity contribution in [3.63, 3.8) is 0 Å². The number of rotatable bonds is 5. The molecular formula is C20H19NO4. The largest absolute Gasteiger partial charge is 0.507 e. The van der Waals surface area contributed by atoms with Crippen molar-refractivity contribution in [1.29, 1.82) is 0 Å². The molecule has 0 saturated heterocycles. The zero-order valence-electron chi connectivity index (χ0n) is 13.7. The second kappa shape index (κ2) is 6.33. The third-order valence-electron chi connectivity index (χ3n) is 4.68. The van der Waals surface area contributed by atoms with Gasteiger partial charge in [-0.2, -0.15) is 0 Å². The highest BCUT2D eigenvalue weighted by Crippen LogP contribution is 2.40. The van der Waals surface area contributed by atoms with Crippen molar-refractivity contribution in [2.75, 3.05) is 6.61 Å². The maximum absolute atomic E-state index is 12.8. The number of phenols is 1. The molecule has 0 spiro atoms. The molecule has 0 bridgehead atoms. The number of benzene rings is 2. The van der Waals surface area contributed by atoms with Crippen LogP contribution >= 0.6 is 0 Å². The first-order valence-corrected chi connectivity index (χ1v) is 8.56. The van der Waals surface area contributed by atoms with Gasteiger partial charge in [0.05, 0.1) is 16.8 Å². The molecular weight excluding hydrogens is 318 g/mol. The summed E-state index contributed by atoms with van der Waals surface area (Å²) in [5, 5.41) is 19.2. The first kappa shape index (κ1) is 15.8. The first-order chi connectivity index (χ1) is 12.2. The number of carbonyl (C=O) groups is 1. The smallest absolute Gasteiger partial charge is 0.194 e. The molecule has 5 nitrogen and oxygen atoms in total. The lowest BCUT2D eigenvalue weighted by Gasteiger charge is -2.30. The molecule has 1 aliphatic heterocycles. The lowest BCUT2D eigenvalue weighted by molar-refractivity contribution is 0.103. The van der Waals surface area contributed by atoms with Gasteiger partial charge in [-0.05, 0) is 25.0 Å². The minimum absolute atomic E-state index is 0.0611. The van der Waals surface area contributed by atoms with Crippen LogP contribution in [0.5, 0.6) is 11.5 Å². The van der Waals surface area contributed by atoms with E-state index in [2.05, 4.69) is 0 Å². The second-order valence-electron chi connectivity index (χ2n) is 6.33. The van der Waals surface area contributed by atoms with Gasteiger partial charge in [0.1, 0.15) is 11.5 Å². The molecule has 1 unspecified atom stereocenters. The van der Waals surface area contributed by atoms with E-state index in [-0.39, 0.29) is 24.4 Å². The van der Waals surface area contributed by atoms with E-state index in [1.54, 1.807) is 24.3 Å². The van der Waals surface area contributed by atoms with Gasteiger partial charge >= 0.3 is 0 Å². The van der Waals surface area contributed by atoms with Crippen molar-refractivity contribution in [2.45, 2.75) is 31.9 Å². The average molecular weight is 337 g/mol. The average Bonchev–Trinajstić information content (AvgIpc) is 2.63. The quantitative estimate of drug-likeness (QED) is 0.701. The fourth-order valence-electron chi connectivity index (χ4n) is 3.49. The Balaban J connectivity index is 1.78. The highest BCUT2D eigenvalue weighted by Gasteiger charge is 2.35. The molecule has 25 heavy (non-hydrogen) atoms. The fraction of sp³-hybridized carbons (Fsp3) is 0.300. The van der Waals surface area contributed by atoms with E-state index in [9.17, 15) is 9.90 Å². The molecule has 2 aliphatic rings. The summed E-state index contributed by atoms with van der Waals surface area (Å²) in [6, 6.07) is 10.4. The maximum Gasteiger partial charge on any atom is 0.194 e. The van der Waals surface area contributed by atoms with Gasteiger partial charge in [-0.3, -0.25) is 4.79 Å². The Morgan fingerprint density at radius 1 is 1.00 bits per heavy atom. The minimum atomic E-state index is -0.350. The van der Waals surface area contributed by atoms with Crippen molar-refractivity contribution in [3.05, 3.63) is 58.7 Å². The summed E-state index contributed by atoms with van der Waals surface area (Å²) < 4.78 is 5.98. The number of fused-ring (bicyclic) bond motifs is 2. The van der Waals surface area contributed by atoms with Crippen LogP contribution in [0.4, 0.5) is 0 Å². The number of phenolic OH excluding ortho intramolecular Hbond substituents is 1. The summed E-state index contributed by atoms with van der Waals surface area (Å²) in [7, 11) is 0. The number of unbranched alkanes of at least 4 members (excludes halogenated alkanes) is 2. The third-order valence-corrected chi connectivity index (χ3v) is 4.68. The summed E-state index contributed by atoms with van der Waals surface area (Å²) in [6.07, 6.45) is 2.95. The number of aliphatic hydroxyl groups is 1. The molecule has 0 amide bonds. The number of carbonyl (C=O) groups excluding carboxylic acids is 1. The van der Waals surface area contributed by atoms with Gasteiger partial charge in [0.2, 0.25) is 0 Å². The second-order valence-corrected chi connectivity index (χ2v) is 6.33. The number of aliphatic imine (C=N–C) groups is 1. The van der Waals surface area contributed by atoms with Gasteiger partial charge in [-0.15, -0.1) is 0 Å². The zero-order chi connectivity index (χ0) is 17.4. The van der Waals surface area contributed by atoms with E-state index in [4.69, 9.17) is 14.8 Å². The van der Waals surface area contributed by atoms with Crippen LogP contribution in [0.15, 0.2) is 41.4 Å². The highest BCUT2D eigenvalue weighted by atomic mass is 16.5. The SMILES string of the molecule is O=C1c2cccc(O)c2C2=NC(CCCCCO)Oc3cccc1c32. The van der Waals surface area contributed by atoms with Crippen molar-refractivity contribution in [1.82, 2.24) is 0 Å². The Morgan fingerprint density at radius 3 is 2.56 bits per heavy atom. The van der Waals surface area contributed by atoms with Gasteiger partial charge in [0.25, 0.3) is 0 Å². The van der Waals surface area contributed by atoms with E-state index < -0.39 is 0 Å². The van der Waals surface area contributed by atoms with Gasteiger partial charge in [-0.25, -0.2) is 4.99 Å². The summed E-state index contributed by atoms with van der Waals surface area (Å²) in [4.78, 5) is 17.5. The number of ketones is 1. The van der Waals surface area contributed by atoms with Crippen LogP contribution in [0.25, 0.3) is 0 Å². The number of aliphatic hydroxyl groups excluding tert-OH is 1. The van der Waals surface area contributed by atoms with Crippen molar-refractivity contribution >= 4 is 11.5 Å². The lowest BCUT2D eigenvalue weighted by Crippen LogP contribution is -2.30. The summed E-state index contributed by atoms with van der Waals surface area (Å²) in [6.45, 7) is 0.190. The maximum atomic E-state index is 12.8. The van der Waals surface area contributed by atoms with Crippen LogP contribution in [-0.2, 0) is 0 Å². The van der Waals surface area contributed by atoms with Crippen LogP contribution in [0.3, 0.4) is 0 Å². The third kappa shape index (κ3) is 2.61. The van der Waals surface area contributed by atoms with E-state index in [0.717, 1.165) is 25.7 Å². The van der Waals surface area contributed by atoms with E-state index in [1.807, 2.05) is 12.1 Å². The Bertz CT molecular complexity index is 872. The summed E-state index contributed by atoms with van der Waals surface area (Å²) in [5.74, 6) is 0.578. The molecule has 2 aromatic carbocycles. The molecule has 0 radical (unpaired) electrons. The van der Waals surface area contributed by atoms with Crippen LogP contribution in [0.1, 0.15) is 52.7 Å². The minimum Gasteiger partial charge on any atom is -0.507 e. The van der Waals surface area contributed by atoms with Gasteiger partial charge in [0.15, 0.2) is 12.0 Å². The lowest BCUT2D eigenvalue weighted by atomic mass is 9.82. The molecule has 1 aliphatic carbocycles. The van der Waals surface area contributed by atoms with Crippen molar-refractivity contribution in [2.24, 2.45) is 4.99 Å². The van der Waals surface area contributed by atoms with Gasteiger partial charge < -0.3 is 14.9 Å². The molecule has 0 fully saturated rings. The predicted octanol–water partition coefficient (Wildman–Crippen LogP) is 3.05. The number of hydrogen-bond donors (Lipinski definition) is 2. The van der Waals surface area contributed by atoms with E-state index in [1.165, 1.54) is 0 Å². The van der Waals surface area contributed by atoms with Crippen LogP contribution < -0.4 is 4.74 Å². The fourth-order valence-corrected chi connectivity index (χ4v) is 3.49. The number of hydrogen-bond acceptors (Lipinski definition) is 5. The molecule has 5 heteroatoms. The number of aromatic hydroxyl groups is 1. The van der Waals surface area contributed by atoms with Gasteiger partial charge in [0, 0.05) is 24.2 Å². The molecule has 2 aromatic rings. The molecule has 4 rings (SSSR count). The molecule has 1 atom stereocenters. The molecule has 0 aromatic heterocycles. The van der Waals surface area contributed by atoms with Gasteiger partial charge in [-0.1, -0.05) is 30.7 Å². The molecule has 2 N–H and O–H groups in total. The highest BCUT2D eigenvalue weighted by molar-refractivity contribution is 6.32. The Hall–Kier alpha value is -2.66. The topological polar surface area (TPSA) is 79.1 Å². The van der Waals surface area contributed by atoms with E-state index >= 15 is 0 Å². The number of ether oxygens (including phenoxy) is 1. The van der Waals surface area contributed by atoms with E-state index in [0.29, 0.717) is 33.7 Å². The Morgan fingerprint density at radius 2 is 1.76 bits per heavy atom. The molecule has 1 heterocycles. The van der Waals surface area contributed by atoms with Crippen molar-refractivity contribution < 1.29 is 19.7 Å². The van der Waals surface area contributed by atoms with Crippen LogP contribution in [-0.4, -0.2) is 34.5 Å². The molecule has 128 valence electrons. The Labute approximate surface area is 145 Å². The predicted molar refractivity (Wildman–Crippen MR) is 93.6 cm³/mol. The summed E-state index contributed by atoms with van der Waals surface area (Å²) >= 11 is 0. The summed E-state index contributed by atoms with van der Waals surface area (Å²) in [5.41, 5.74) is 2.85. The molecule has 0 saturated carbocycles. The monoisotopic (exact) mass is 337 g/mol. The standard InChI is InChI=1S/C20H19NO4/c22-11-3-1-2-10-16-21-19-17-12(6-4-8-14(17)23)20(24)13-7-5-9-15(25-16)18(13)19/h4-9,16,22-23H,1-3,10-11H2. The van der Waals surface area contributed by atoms with Crippen LogP contribution in [0, 0.1) is 0 Å². The Kier molecular flexibility index (Phi) is 4.01. The van der Waals surface area contributed by atoms with Crippen LogP contribution in [0.2, 0.25) is 0 Å². The first-order valence-electron chi connectivity index (χ1n) is 8.56. The number of nitrogens with zero attached hydrogens (tertiary/aromatic N) is 1. The van der Waals surface area contributed by atoms with Crippen molar-refractivity contribution in [3.8, 4) is 11.5 Å². The normalized spacial score (nSPS) is 17.4.